The molecule has 2 heterocycles. The van der Waals surface area contributed by atoms with Crippen molar-refractivity contribution in [2.24, 2.45) is 5.92 Å². The Bertz CT molecular complexity index is 769. The molecule has 7 heteroatoms. The maximum absolute atomic E-state index is 11.5. The van der Waals surface area contributed by atoms with Crippen molar-refractivity contribution in [2.45, 2.75) is 70.9 Å². The number of hydrogen-bond donors (Lipinski definition) is 1. The highest BCUT2D eigenvalue weighted by Crippen LogP contribution is 2.40. The molecule has 3 atom stereocenters. The Hall–Kier alpha value is -2.06. The SMILES string of the molecule is CC(=O)O[C@H]1CO[C@H](c2cccnc2)[C@@H]1CCCO[Si](C)(C)C(C)(C)C.CO.c1ccccc1. The molecule has 3 rings (SSSR count). The van der Waals surface area contributed by atoms with Crippen LogP contribution in [-0.2, 0) is 18.7 Å². The Morgan fingerprint density at radius 3 is 2.18 bits per heavy atom. The Balaban J connectivity index is 0.000000615. The number of esters is 1. The van der Waals surface area contributed by atoms with Crippen molar-refractivity contribution in [3.63, 3.8) is 0 Å². The number of aliphatic hydroxyl groups excluding tert-OH is 1. The van der Waals surface area contributed by atoms with E-state index in [1.54, 1.807) is 6.20 Å². The molecule has 1 aliphatic heterocycles. The molecule has 1 fully saturated rings. The Morgan fingerprint density at radius 2 is 1.71 bits per heavy atom. The topological polar surface area (TPSA) is 77.9 Å². The van der Waals surface area contributed by atoms with Gasteiger partial charge in [0.2, 0.25) is 0 Å². The maximum Gasteiger partial charge on any atom is 0.302 e. The highest BCUT2D eigenvalue weighted by molar-refractivity contribution is 6.74. The number of carbonyl (C=O) groups excluding carboxylic acids is 1. The summed E-state index contributed by atoms with van der Waals surface area (Å²) in [6, 6.07) is 15.9. The second-order valence-electron chi connectivity index (χ2n) is 9.76. The molecular formula is C27H43NO5Si. The first-order chi connectivity index (χ1) is 16.1. The van der Waals surface area contributed by atoms with Crippen molar-refractivity contribution in [3.8, 4) is 0 Å². The predicted molar refractivity (Wildman–Crippen MR) is 139 cm³/mol. The number of pyridine rings is 1. The van der Waals surface area contributed by atoms with Crippen LogP contribution in [-0.4, -0.2) is 50.8 Å². The molecule has 0 bridgehead atoms. The first-order valence-electron chi connectivity index (χ1n) is 11.9. The van der Waals surface area contributed by atoms with Crippen LogP contribution >= 0.6 is 0 Å². The Kier molecular flexibility index (Phi) is 13.3. The molecule has 0 saturated carbocycles. The lowest BCUT2D eigenvalue weighted by Crippen LogP contribution is -2.41. The summed E-state index contributed by atoms with van der Waals surface area (Å²) >= 11 is 0. The van der Waals surface area contributed by atoms with E-state index in [4.69, 9.17) is 19.0 Å². The highest BCUT2D eigenvalue weighted by Gasteiger charge is 2.40. The molecule has 1 aromatic heterocycles. The third kappa shape index (κ3) is 10.1. The molecule has 1 N–H and O–H groups in total. The summed E-state index contributed by atoms with van der Waals surface area (Å²) in [4.78, 5) is 15.6. The summed E-state index contributed by atoms with van der Waals surface area (Å²) < 4.78 is 17.8. The molecule has 0 radical (unpaired) electrons. The van der Waals surface area contributed by atoms with Crippen LogP contribution in [0.3, 0.4) is 0 Å². The molecule has 1 aromatic carbocycles. The minimum Gasteiger partial charge on any atom is -0.460 e. The zero-order valence-electron chi connectivity index (χ0n) is 21.9. The van der Waals surface area contributed by atoms with Gasteiger partial charge in [-0.3, -0.25) is 9.78 Å². The van der Waals surface area contributed by atoms with Crippen molar-refractivity contribution < 1.29 is 23.8 Å². The number of hydrogen-bond acceptors (Lipinski definition) is 6. The lowest BCUT2D eigenvalue weighted by Gasteiger charge is -2.36. The number of aliphatic hydroxyl groups is 1. The molecule has 190 valence electrons. The fourth-order valence-electron chi connectivity index (χ4n) is 3.45. The molecule has 0 aliphatic carbocycles. The minimum atomic E-state index is -1.73. The zero-order valence-corrected chi connectivity index (χ0v) is 22.9. The van der Waals surface area contributed by atoms with Crippen molar-refractivity contribution in [2.75, 3.05) is 20.3 Å². The van der Waals surface area contributed by atoms with Gasteiger partial charge in [0.05, 0.1) is 12.7 Å². The van der Waals surface area contributed by atoms with Crippen molar-refractivity contribution in [1.82, 2.24) is 4.98 Å². The Labute approximate surface area is 206 Å². The number of nitrogens with zero attached hydrogens (tertiary/aromatic N) is 1. The smallest absolute Gasteiger partial charge is 0.302 e. The molecule has 0 amide bonds. The second kappa shape index (κ2) is 15.0. The standard InChI is InChI=1S/C20H33NO4Si.C6H6.CH4O/c1-15(22)25-18-14-23-19(16-9-7-11-21-13-16)17(18)10-8-12-24-26(5,6)20(2,3)4;1-2-4-6-5-3-1;1-2/h7,9,11,13,17-19H,8,10,12,14H2,1-6H3;1-6H;2H,1H3/t17-,18+,19-;;/m1../s1. The number of ether oxygens (including phenoxy) is 2. The van der Waals surface area contributed by atoms with Gasteiger partial charge in [0.15, 0.2) is 8.32 Å². The average Bonchev–Trinajstić information content (AvgIpc) is 3.21. The van der Waals surface area contributed by atoms with Crippen molar-refractivity contribution >= 4 is 14.3 Å². The molecule has 0 unspecified atom stereocenters. The molecule has 1 saturated heterocycles. The van der Waals surface area contributed by atoms with Gasteiger partial charge in [-0.15, -0.1) is 0 Å². The van der Waals surface area contributed by atoms with Crippen LogP contribution in [0.25, 0.3) is 0 Å². The molecule has 0 spiro atoms. The quantitative estimate of drug-likeness (QED) is 0.301. The van der Waals surface area contributed by atoms with Crippen LogP contribution in [0.2, 0.25) is 18.1 Å². The van der Waals surface area contributed by atoms with Crippen molar-refractivity contribution in [3.05, 3.63) is 66.5 Å². The van der Waals surface area contributed by atoms with Crippen LogP contribution in [0, 0.1) is 5.92 Å². The third-order valence-corrected chi connectivity index (χ3v) is 10.8. The van der Waals surface area contributed by atoms with Gasteiger partial charge in [0, 0.05) is 39.0 Å². The summed E-state index contributed by atoms with van der Waals surface area (Å²) in [6.45, 7) is 13.9. The van der Waals surface area contributed by atoms with Crippen LogP contribution < -0.4 is 0 Å². The van der Waals surface area contributed by atoms with Crippen molar-refractivity contribution in [1.29, 1.82) is 0 Å². The minimum absolute atomic E-state index is 0.0825. The average molecular weight is 490 g/mol. The molecule has 1 aliphatic rings. The Morgan fingerprint density at radius 1 is 1.12 bits per heavy atom. The summed E-state index contributed by atoms with van der Waals surface area (Å²) in [7, 11) is -0.732. The van der Waals surface area contributed by atoms with Gasteiger partial charge in [-0.25, -0.2) is 0 Å². The number of rotatable bonds is 7. The molecular weight excluding hydrogens is 446 g/mol. The lowest BCUT2D eigenvalue weighted by molar-refractivity contribution is -0.148. The van der Waals surface area contributed by atoms with Crippen LogP contribution in [0.5, 0.6) is 0 Å². The second-order valence-corrected chi connectivity index (χ2v) is 14.6. The van der Waals surface area contributed by atoms with E-state index in [1.807, 2.05) is 54.7 Å². The normalized spacial score (nSPS) is 19.8. The van der Waals surface area contributed by atoms with Crippen LogP contribution in [0.4, 0.5) is 0 Å². The summed E-state index contributed by atoms with van der Waals surface area (Å²) in [5.74, 6) is -0.126. The predicted octanol–water partition coefficient (Wildman–Crippen LogP) is 5.80. The van der Waals surface area contributed by atoms with E-state index in [0.29, 0.717) is 6.61 Å². The number of aromatic nitrogens is 1. The third-order valence-electron chi connectivity index (χ3n) is 6.25. The van der Waals surface area contributed by atoms with E-state index >= 15 is 0 Å². The number of carbonyl (C=O) groups is 1. The fourth-order valence-corrected chi connectivity index (χ4v) is 4.54. The maximum atomic E-state index is 11.5. The van der Waals surface area contributed by atoms with Gasteiger partial charge >= 0.3 is 5.97 Å². The fraction of sp³-hybridized carbons (Fsp3) is 0.556. The van der Waals surface area contributed by atoms with E-state index in [9.17, 15) is 4.79 Å². The molecule has 2 aromatic rings. The van der Waals surface area contributed by atoms with Gasteiger partial charge in [-0.2, -0.15) is 0 Å². The number of benzene rings is 1. The van der Waals surface area contributed by atoms with Gasteiger partial charge in [0.1, 0.15) is 6.10 Å². The van der Waals surface area contributed by atoms with E-state index in [-0.39, 0.29) is 29.1 Å². The molecule has 6 nitrogen and oxygen atoms in total. The van der Waals surface area contributed by atoms with Crippen LogP contribution in [0.1, 0.15) is 52.2 Å². The van der Waals surface area contributed by atoms with E-state index in [0.717, 1.165) is 32.1 Å². The molecule has 34 heavy (non-hydrogen) atoms. The van der Waals surface area contributed by atoms with E-state index in [2.05, 4.69) is 38.8 Å². The first kappa shape index (κ1) is 30.0. The van der Waals surface area contributed by atoms with E-state index in [1.165, 1.54) is 6.92 Å². The highest BCUT2D eigenvalue weighted by atomic mass is 28.4. The van der Waals surface area contributed by atoms with Crippen LogP contribution in [0.15, 0.2) is 60.9 Å². The van der Waals surface area contributed by atoms with Gasteiger partial charge in [-0.1, -0.05) is 63.2 Å². The zero-order chi connectivity index (χ0) is 25.6. The van der Waals surface area contributed by atoms with Gasteiger partial charge in [-0.05, 0) is 42.6 Å². The van der Waals surface area contributed by atoms with Gasteiger partial charge < -0.3 is 19.0 Å². The van der Waals surface area contributed by atoms with Gasteiger partial charge in [0.25, 0.3) is 0 Å². The van der Waals surface area contributed by atoms with E-state index < -0.39 is 8.32 Å². The largest absolute Gasteiger partial charge is 0.460 e. The first-order valence-corrected chi connectivity index (χ1v) is 14.8. The monoisotopic (exact) mass is 489 g/mol. The summed E-state index contributed by atoms with van der Waals surface area (Å²) in [5, 5.41) is 7.21. The lowest BCUT2D eigenvalue weighted by atomic mass is 9.90. The summed E-state index contributed by atoms with van der Waals surface area (Å²) in [5.41, 5.74) is 1.04. The summed E-state index contributed by atoms with van der Waals surface area (Å²) in [6.07, 6.45) is 5.12.